The maximum atomic E-state index is 9.25. The number of allylic oxidation sites excluding steroid dienone is 3. The Morgan fingerprint density at radius 3 is 1.47 bits per heavy atom. The first-order valence-electron chi connectivity index (χ1n) is 4.00. The molecule has 0 aliphatic rings. The summed E-state index contributed by atoms with van der Waals surface area (Å²) in [6, 6.07) is 1.69. The average Bonchev–Trinajstić information content (AvgIpc) is 2.19. The Morgan fingerprint density at radius 2 is 1.47 bits per heavy atom. The Balaban J connectivity index is -0.000000147. The van der Waals surface area contributed by atoms with E-state index in [1.165, 1.54) is 6.08 Å². The van der Waals surface area contributed by atoms with Crippen LogP contribution in [0.1, 0.15) is 13.8 Å². The van der Waals surface area contributed by atoms with Crippen molar-refractivity contribution >= 4 is 5.97 Å². The zero-order chi connectivity index (χ0) is 12.9. The first-order valence-corrected chi connectivity index (χ1v) is 4.00. The summed E-state index contributed by atoms with van der Waals surface area (Å²) >= 11 is 0. The molecule has 0 heterocycles. The predicted molar refractivity (Wildman–Crippen MR) is 63.3 cm³/mol. The van der Waals surface area contributed by atoms with E-state index < -0.39 is 5.97 Å². The third kappa shape index (κ3) is 48.5. The minimum Gasteiger partial charge on any atom is -0.478 e. The van der Waals surface area contributed by atoms with Gasteiger partial charge in [0, 0.05) is 12.2 Å². The van der Waals surface area contributed by atoms with Crippen LogP contribution in [0, 0.1) is 11.3 Å². The summed E-state index contributed by atoms with van der Waals surface area (Å²) in [4.78, 5) is 9.25. The standard InChI is InChI=1S/C6H10.C3H3N.C3H4O2/c1-5(2)6(3)4;1-2-3-4;1-2-3(4)5/h1,3H2,2,4H3;2H,1H2;2H,1H2,(H,4,5). The fraction of sp³-hybridized carbons (Fsp3) is 0.167. The van der Waals surface area contributed by atoms with E-state index in [1.807, 2.05) is 13.8 Å². The molecule has 0 aromatic heterocycles. The van der Waals surface area contributed by atoms with Gasteiger partial charge in [-0.3, -0.25) is 0 Å². The maximum absolute atomic E-state index is 9.25. The maximum Gasteiger partial charge on any atom is 0.327 e. The Kier molecular flexibility index (Phi) is 18.0. The lowest BCUT2D eigenvalue weighted by Crippen LogP contribution is -1.82. The number of carbonyl (C=O) groups is 1. The van der Waals surface area contributed by atoms with Gasteiger partial charge in [0.1, 0.15) is 0 Å². The fourth-order valence-corrected chi connectivity index (χ4v) is 0. The highest BCUT2D eigenvalue weighted by molar-refractivity contribution is 5.78. The summed E-state index contributed by atoms with van der Waals surface area (Å²) in [5, 5.41) is 15.1. The zero-order valence-corrected chi connectivity index (χ0v) is 9.29. The number of nitrogens with zero attached hydrogens (tertiary/aromatic N) is 1. The van der Waals surface area contributed by atoms with Crippen molar-refractivity contribution in [3.05, 3.63) is 49.6 Å². The van der Waals surface area contributed by atoms with Crippen molar-refractivity contribution in [1.29, 1.82) is 5.26 Å². The van der Waals surface area contributed by atoms with Crippen LogP contribution in [0.25, 0.3) is 0 Å². The van der Waals surface area contributed by atoms with Crippen LogP contribution in [0.4, 0.5) is 0 Å². The molecule has 0 radical (unpaired) electrons. The van der Waals surface area contributed by atoms with Crippen LogP contribution in [-0.4, -0.2) is 11.1 Å². The summed E-state index contributed by atoms with van der Waals surface area (Å²) in [6.45, 7) is 17.3. The molecule has 0 unspecified atom stereocenters. The van der Waals surface area contributed by atoms with Gasteiger partial charge in [0.25, 0.3) is 0 Å². The SMILES string of the molecule is C=C(C)C(=C)C.C=CC#N.C=CC(=O)O. The van der Waals surface area contributed by atoms with Crippen molar-refractivity contribution in [3.63, 3.8) is 0 Å². The van der Waals surface area contributed by atoms with Crippen LogP contribution in [0.15, 0.2) is 49.6 Å². The highest BCUT2D eigenvalue weighted by Crippen LogP contribution is 1.98. The monoisotopic (exact) mass is 207 g/mol. The number of carboxylic acids is 1. The highest BCUT2D eigenvalue weighted by atomic mass is 16.4. The second kappa shape index (κ2) is 14.4. The van der Waals surface area contributed by atoms with Gasteiger partial charge in [0.2, 0.25) is 0 Å². The van der Waals surface area contributed by atoms with Crippen molar-refractivity contribution in [1.82, 2.24) is 0 Å². The normalized spacial score (nSPS) is 6.20. The quantitative estimate of drug-likeness (QED) is 0.430. The average molecular weight is 207 g/mol. The molecule has 0 fully saturated rings. The number of aliphatic carboxylic acids is 1. The summed E-state index contributed by atoms with van der Waals surface area (Å²) in [6.07, 6.45) is 2.01. The summed E-state index contributed by atoms with van der Waals surface area (Å²) in [7, 11) is 0. The molecule has 0 bridgehead atoms. The van der Waals surface area contributed by atoms with Gasteiger partial charge in [0.15, 0.2) is 0 Å². The minimum absolute atomic E-state index is 0.833. The molecule has 0 atom stereocenters. The van der Waals surface area contributed by atoms with E-state index in [0.717, 1.165) is 17.2 Å². The van der Waals surface area contributed by atoms with Crippen LogP contribution >= 0.6 is 0 Å². The smallest absolute Gasteiger partial charge is 0.327 e. The van der Waals surface area contributed by atoms with Crippen molar-refractivity contribution in [2.45, 2.75) is 13.8 Å². The Labute approximate surface area is 91.4 Å². The lowest BCUT2D eigenvalue weighted by Gasteiger charge is -1.88. The van der Waals surface area contributed by atoms with Crippen LogP contribution in [0.2, 0.25) is 0 Å². The van der Waals surface area contributed by atoms with E-state index in [4.69, 9.17) is 10.4 Å². The molecule has 0 spiro atoms. The number of rotatable bonds is 2. The minimum atomic E-state index is -0.981. The van der Waals surface area contributed by atoms with Gasteiger partial charge in [-0.2, -0.15) is 5.26 Å². The molecule has 0 aromatic rings. The molecule has 3 heteroatoms. The van der Waals surface area contributed by atoms with Crippen LogP contribution in [0.5, 0.6) is 0 Å². The van der Waals surface area contributed by atoms with Gasteiger partial charge >= 0.3 is 5.97 Å². The predicted octanol–water partition coefficient (Wildman–Crippen LogP) is 3.09. The van der Waals surface area contributed by atoms with E-state index in [0.29, 0.717) is 0 Å². The number of hydrogen-bond acceptors (Lipinski definition) is 2. The van der Waals surface area contributed by atoms with E-state index in [1.54, 1.807) is 6.07 Å². The molecular weight excluding hydrogens is 190 g/mol. The van der Waals surface area contributed by atoms with Crippen molar-refractivity contribution in [2.24, 2.45) is 0 Å². The molecule has 15 heavy (non-hydrogen) atoms. The molecular formula is C12H17NO2. The molecule has 0 aromatic carbocycles. The second-order valence-corrected chi connectivity index (χ2v) is 2.44. The van der Waals surface area contributed by atoms with Gasteiger partial charge in [-0.15, -0.1) is 0 Å². The van der Waals surface area contributed by atoms with Crippen LogP contribution in [-0.2, 0) is 4.79 Å². The molecule has 0 saturated heterocycles. The topological polar surface area (TPSA) is 61.1 Å². The third-order valence-electron chi connectivity index (χ3n) is 0.994. The Morgan fingerprint density at radius 1 is 1.27 bits per heavy atom. The van der Waals surface area contributed by atoms with Gasteiger partial charge in [-0.1, -0.05) is 37.5 Å². The van der Waals surface area contributed by atoms with Crippen LogP contribution < -0.4 is 0 Å². The van der Waals surface area contributed by atoms with E-state index in [9.17, 15) is 4.79 Å². The lowest BCUT2D eigenvalue weighted by atomic mass is 10.2. The molecule has 0 saturated carbocycles. The van der Waals surface area contributed by atoms with Crippen LogP contribution in [0.3, 0.4) is 0 Å². The highest BCUT2D eigenvalue weighted by Gasteiger charge is 1.77. The van der Waals surface area contributed by atoms with Gasteiger partial charge in [-0.05, 0) is 13.8 Å². The largest absolute Gasteiger partial charge is 0.478 e. The first kappa shape index (κ1) is 18.7. The van der Waals surface area contributed by atoms with E-state index in [2.05, 4.69) is 26.3 Å². The zero-order valence-electron chi connectivity index (χ0n) is 9.29. The third-order valence-corrected chi connectivity index (χ3v) is 0.994. The van der Waals surface area contributed by atoms with E-state index in [-0.39, 0.29) is 0 Å². The Bertz CT molecular complexity index is 270. The van der Waals surface area contributed by atoms with Gasteiger partial charge in [0.05, 0.1) is 6.07 Å². The number of nitriles is 1. The molecule has 3 nitrogen and oxygen atoms in total. The number of carboxylic acid groups (broad SMARTS) is 1. The Hall–Kier alpha value is -2.08. The molecule has 0 amide bonds. The molecule has 82 valence electrons. The number of hydrogen-bond donors (Lipinski definition) is 1. The van der Waals surface area contributed by atoms with Crippen molar-refractivity contribution in [2.75, 3.05) is 0 Å². The molecule has 0 rings (SSSR count). The van der Waals surface area contributed by atoms with E-state index >= 15 is 0 Å². The van der Waals surface area contributed by atoms with Crippen molar-refractivity contribution in [3.8, 4) is 6.07 Å². The molecule has 1 N–H and O–H groups in total. The summed E-state index contributed by atoms with van der Waals surface area (Å²) in [5.41, 5.74) is 2.13. The summed E-state index contributed by atoms with van der Waals surface area (Å²) in [5.74, 6) is -0.981. The summed E-state index contributed by atoms with van der Waals surface area (Å²) < 4.78 is 0. The van der Waals surface area contributed by atoms with Gasteiger partial charge < -0.3 is 5.11 Å². The first-order chi connectivity index (χ1) is 6.83. The lowest BCUT2D eigenvalue weighted by molar-refractivity contribution is -0.131. The van der Waals surface area contributed by atoms with Gasteiger partial charge in [-0.25, -0.2) is 4.79 Å². The molecule has 0 aliphatic heterocycles. The molecule has 0 aliphatic carbocycles. The fourth-order valence-electron chi connectivity index (χ4n) is 0. The second-order valence-electron chi connectivity index (χ2n) is 2.44. The van der Waals surface area contributed by atoms with Crippen molar-refractivity contribution < 1.29 is 9.90 Å².